The van der Waals surface area contributed by atoms with Crippen LogP contribution >= 0.6 is 22.6 Å². The number of carbonyl (C=O) groups excluding carboxylic acids is 1. The van der Waals surface area contributed by atoms with E-state index in [1.54, 1.807) is 23.1 Å². The van der Waals surface area contributed by atoms with Gasteiger partial charge in [-0.1, -0.05) is 6.07 Å². The van der Waals surface area contributed by atoms with E-state index in [0.717, 1.165) is 14.9 Å². The zero-order valence-corrected chi connectivity index (χ0v) is 13.1. The fourth-order valence-corrected chi connectivity index (χ4v) is 2.42. The van der Waals surface area contributed by atoms with E-state index in [1.165, 1.54) is 6.33 Å². The van der Waals surface area contributed by atoms with Crippen LogP contribution in [-0.4, -0.2) is 20.7 Å². The summed E-state index contributed by atoms with van der Waals surface area (Å²) in [5.74, 6) is -0.137. The summed E-state index contributed by atoms with van der Waals surface area (Å²) in [6, 6.07) is 14.9. The maximum absolute atomic E-state index is 12.2. The van der Waals surface area contributed by atoms with Gasteiger partial charge in [0.1, 0.15) is 12.7 Å². The van der Waals surface area contributed by atoms with Gasteiger partial charge in [0.2, 0.25) is 0 Å². The number of carbonyl (C=O) groups is 1. The highest BCUT2D eigenvalue weighted by Crippen LogP contribution is 2.14. The van der Waals surface area contributed by atoms with Crippen LogP contribution in [0.15, 0.2) is 61.2 Å². The highest BCUT2D eigenvalue weighted by atomic mass is 127. The van der Waals surface area contributed by atoms with Crippen molar-refractivity contribution in [3.8, 4) is 5.69 Å². The second-order valence-corrected chi connectivity index (χ2v) is 5.60. The molecule has 2 aromatic carbocycles. The lowest BCUT2D eigenvalue weighted by atomic mass is 10.2. The topological polar surface area (TPSA) is 59.8 Å². The van der Waals surface area contributed by atoms with Crippen LogP contribution in [0.3, 0.4) is 0 Å². The van der Waals surface area contributed by atoms with Gasteiger partial charge in [-0.3, -0.25) is 4.79 Å². The van der Waals surface area contributed by atoms with Crippen LogP contribution in [0.2, 0.25) is 0 Å². The monoisotopic (exact) mass is 390 g/mol. The number of hydrogen-bond acceptors (Lipinski definition) is 3. The van der Waals surface area contributed by atoms with Crippen molar-refractivity contribution in [3.63, 3.8) is 0 Å². The lowest BCUT2D eigenvalue weighted by molar-refractivity contribution is 0.102. The van der Waals surface area contributed by atoms with Crippen molar-refractivity contribution in [2.75, 3.05) is 5.32 Å². The molecule has 104 valence electrons. The summed E-state index contributed by atoms with van der Waals surface area (Å²) >= 11 is 2.21. The largest absolute Gasteiger partial charge is 0.322 e. The molecule has 3 aromatic rings. The Kier molecular flexibility index (Phi) is 3.96. The fourth-order valence-electron chi connectivity index (χ4n) is 1.88. The molecular formula is C15H11IN4O. The van der Waals surface area contributed by atoms with Gasteiger partial charge in [0, 0.05) is 14.8 Å². The molecule has 0 aliphatic heterocycles. The quantitative estimate of drug-likeness (QED) is 0.700. The number of nitrogens with zero attached hydrogens (tertiary/aromatic N) is 3. The van der Waals surface area contributed by atoms with E-state index < -0.39 is 0 Å². The third-order valence-corrected chi connectivity index (χ3v) is 3.57. The lowest BCUT2D eigenvalue weighted by Gasteiger charge is -2.06. The predicted octanol–water partition coefficient (Wildman–Crippen LogP) is 3.12. The van der Waals surface area contributed by atoms with Crippen molar-refractivity contribution in [1.82, 2.24) is 14.8 Å². The molecule has 1 N–H and O–H groups in total. The molecule has 1 heterocycles. The van der Waals surface area contributed by atoms with E-state index in [-0.39, 0.29) is 5.91 Å². The van der Waals surface area contributed by atoms with E-state index in [1.807, 2.05) is 36.4 Å². The Morgan fingerprint density at radius 3 is 2.62 bits per heavy atom. The number of hydrogen-bond donors (Lipinski definition) is 1. The number of nitrogens with one attached hydrogen (secondary N) is 1. The lowest BCUT2D eigenvalue weighted by Crippen LogP contribution is -2.12. The van der Waals surface area contributed by atoms with Crippen LogP contribution < -0.4 is 5.32 Å². The summed E-state index contributed by atoms with van der Waals surface area (Å²) < 4.78 is 2.72. The van der Waals surface area contributed by atoms with E-state index in [2.05, 4.69) is 38.0 Å². The normalized spacial score (nSPS) is 10.3. The van der Waals surface area contributed by atoms with E-state index in [0.29, 0.717) is 5.56 Å². The van der Waals surface area contributed by atoms with Gasteiger partial charge < -0.3 is 5.32 Å². The molecule has 0 radical (unpaired) electrons. The number of rotatable bonds is 3. The Hall–Kier alpha value is -2.22. The molecule has 1 aromatic heterocycles. The third kappa shape index (κ3) is 3.27. The first kappa shape index (κ1) is 13.7. The summed E-state index contributed by atoms with van der Waals surface area (Å²) in [6.07, 6.45) is 3.08. The van der Waals surface area contributed by atoms with Crippen LogP contribution in [0.25, 0.3) is 5.69 Å². The molecule has 6 heteroatoms. The molecular weight excluding hydrogens is 379 g/mol. The Bertz CT molecular complexity index is 754. The zero-order chi connectivity index (χ0) is 14.7. The first-order chi connectivity index (χ1) is 10.2. The maximum atomic E-state index is 12.2. The van der Waals surface area contributed by atoms with Gasteiger partial charge in [-0.25, -0.2) is 9.67 Å². The van der Waals surface area contributed by atoms with Gasteiger partial charge in [-0.2, -0.15) is 5.10 Å². The van der Waals surface area contributed by atoms with Gasteiger partial charge in [0.25, 0.3) is 5.91 Å². The molecule has 0 bridgehead atoms. The molecule has 0 fully saturated rings. The summed E-state index contributed by atoms with van der Waals surface area (Å²) in [5, 5.41) is 6.92. The number of amides is 1. The van der Waals surface area contributed by atoms with Crippen LogP contribution in [0.4, 0.5) is 5.69 Å². The predicted molar refractivity (Wildman–Crippen MR) is 88.5 cm³/mol. The average molecular weight is 390 g/mol. The Morgan fingerprint density at radius 1 is 1.14 bits per heavy atom. The van der Waals surface area contributed by atoms with Gasteiger partial charge in [-0.15, -0.1) is 0 Å². The van der Waals surface area contributed by atoms with Crippen molar-refractivity contribution >= 4 is 34.2 Å². The molecule has 0 aliphatic carbocycles. The Labute approximate surface area is 135 Å². The summed E-state index contributed by atoms with van der Waals surface area (Å²) in [6.45, 7) is 0. The second kappa shape index (κ2) is 6.04. The molecule has 0 aliphatic rings. The van der Waals surface area contributed by atoms with Gasteiger partial charge in [-0.05, 0) is 65.1 Å². The smallest absolute Gasteiger partial charge is 0.255 e. The third-order valence-electron chi connectivity index (χ3n) is 2.90. The fraction of sp³-hybridized carbons (Fsp3) is 0. The summed E-state index contributed by atoms with van der Waals surface area (Å²) in [4.78, 5) is 16.1. The standard InChI is InChI=1S/C15H11IN4O/c16-12-2-1-3-13(8-12)19-15(21)11-4-6-14(7-5-11)20-10-17-9-18-20/h1-10H,(H,19,21). The van der Waals surface area contributed by atoms with Crippen molar-refractivity contribution in [2.45, 2.75) is 0 Å². The van der Waals surface area contributed by atoms with Gasteiger partial charge in [0.05, 0.1) is 5.69 Å². The molecule has 0 atom stereocenters. The molecule has 3 rings (SSSR count). The van der Waals surface area contributed by atoms with Crippen molar-refractivity contribution in [2.24, 2.45) is 0 Å². The van der Waals surface area contributed by atoms with Crippen LogP contribution in [0.1, 0.15) is 10.4 Å². The SMILES string of the molecule is O=C(Nc1cccc(I)c1)c1ccc(-n2cncn2)cc1. The number of anilines is 1. The number of aromatic nitrogens is 3. The van der Waals surface area contributed by atoms with E-state index in [9.17, 15) is 4.79 Å². The van der Waals surface area contributed by atoms with Crippen LogP contribution in [-0.2, 0) is 0 Å². The van der Waals surface area contributed by atoms with Crippen molar-refractivity contribution in [3.05, 3.63) is 70.3 Å². The minimum Gasteiger partial charge on any atom is -0.322 e. The van der Waals surface area contributed by atoms with Crippen LogP contribution in [0.5, 0.6) is 0 Å². The Morgan fingerprint density at radius 2 is 1.95 bits per heavy atom. The average Bonchev–Trinajstić information content (AvgIpc) is 3.01. The Balaban J connectivity index is 1.76. The zero-order valence-electron chi connectivity index (χ0n) is 10.9. The maximum Gasteiger partial charge on any atom is 0.255 e. The number of benzene rings is 2. The first-order valence-corrected chi connectivity index (χ1v) is 7.32. The molecule has 0 unspecified atom stereocenters. The number of halogens is 1. The molecule has 0 saturated heterocycles. The van der Waals surface area contributed by atoms with Crippen LogP contribution in [0, 0.1) is 3.57 Å². The highest BCUT2D eigenvalue weighted by Gasteiger charge is 2.06. The second-order valence-electron chi connectivity index (χ2n) is 4.35. The minimum absolute atomic E-state index is 0.137. The first-order valence-electron chi connectivity index (χ1n) is 6.24. The van der Waals surface area contributed by atoms with E-state index >= 15 is 0 Å². The van der Waals surface area contributed by atoms with Gasteiger partial charge >= 0.3 is 0 Å². The summed E-state index contributed by atoms with van der Waals surface area (Å²) in [5.41, 5.74) is 2.24. The van der Waals surface area contributed by atoms with Gasteiger partial charge in [0.15, 0.2) is 0 Å². The molecule has 0 saturated carbocycles. The molecule has 21 heavy (non-hydrogen) atoms. The summed E-state index contributed by atoms with van der Waals surface area (Å²) in [7, 11) is 0. The molecule has 5 nitrogen and oxygen atoms in total. The highest BCUT2D eigenvalue weighted by molar-refractivity contribution is 14.1. The van der Waals surface area contributed by atoms with Crippen molar-refractivity contribution in [1.29, 1.82) is 0 Å². The molecule has 1 amide bonds. The van der Waals surface area contributed by atoms with Crippen molar-refractivity contribution < 1.29 is 4.79 Å². The molecule has 0 spiro atoms. The van der Waals surface area contributed by atoms with E-state index in [4.69, 9.17) is 0 Å². The minimum atomic E-state index is -0.137.